The Morgan fingerprint density at radius 2 is 1.35 bits per heavy atom. The van der Waals surface area contributed by atoms with Crippen molar-refractivity contribution in [1.29, 1.82) is 0 Å². The number of hydrogen-bond acceptors (Lipinski definition) is 3. The highest BCUT2D eigenvalue weighted by atomic mass is 16.3. The summed E-state index contributed by atoms with van der Waals surface area (Å²) in [5.41, 5.74) is -1.13. The molecule has 26 heavy (non-hydrogen) atoms. The fourth-order valence-electron chi connectivity index (χ4n) is 3.14. The van der Waals surface area contributed by atoms with Gasteiger partial charge in [-0.1, -0.05) is 78.1 Å². The second-order valence-electron chi connectivity index (χ2n) is 8.36. The molecule has 0 bridgehead atoms. The Balaban J connectivity index is 3.63. The summed E-state index contributed by atoms with van der Waals surface area (Å²) < 4.78 is 0. The zero-order valence-corrected chi connectivity index (χ0v) is 17.9. The van der Waals surface area contributed by atoms with Crippen LogP contribution >= 0.6 is 0 Å². The molecule has 0 saturated heterocycles. The molecule has 0 spiro atoms. The normalized spacial score (nSPS) is 14.2. The summed E-state index contributed by atoms with van der Waals surface area (Å²) >= 11 is 0. The molecule has 0 radical (unpaired) electrons. The monoisotopic (exact) mass is 371 g/mol. The van der Waals surface area contributed by atoms with Crippen molar-refractivity contribution >= 4 is 5.91 Å². The number of amides is 1. The van der Waals surface area contributed by atoms with E-state index >= 15 is 0 Å². The minimum absolute atomic E-state index is 0.0655. The van der Waals surface area contributed by atoms with Gasteiger partial charge in [-0.25, -0.2) is 0 Å². The van der Waals surface area contributed by atoms with Gasteiger partial charge in [-0.15, -0.1) is 0 Å². The molecule has 0 aliphatic heterocycles. The molecule has 0 aromatic heterocycles. The Bertz CT molecular complexity index is 339. The van der Waals surface area contributed by atoms with Crippen LogP contribution in [-0.4, -0.2) is 33.9 Å². The third-order valence-electron chi connectivity index (χ3n) is 5.19. The predicted octanol–water partition coefficient (Wildman–Crippen LogP) is 5.10. The molecule has 0 heterocycles. The highest BCUT2D eigenvalue weighted by molar-refractivity contribution is 5.76. The van der Waals surface area contributed by atoms with Crippen molar-refractivity contribution in [2.75, 3.05) is 0 Å². The van der Waals surface area contributed by atoms with E-state index in [1.54, 1.807) is 13.8 Å². The van der Waals surface area contributed by atoms with Gasteiger partial charge in [0.1, 0.15) is 0 Å². The Morgan fingerprint density at radius 1 is 0.885 bits per heavy atom. The van der Waals surface area contributed by atoms with Crippen LogP contribution in [0.4, 0.5) is 0 Å². The van der Waals surface area contributed by atoms with Gasteiger partial charge in [0.2, 0.25) is 5.91 Å². The standard InChI is InChI=1S/C22H45NO3/c1-5-7-8-9-10-11-12-13-14-15-16-17-21(25)23-19(6-2)18-20(24)22(3,4)26/h19-20,24,26H,5-18H2,1-4H3,(H,23,25). The van der Waals surface area contributed by atoms with Gasteiger partial charge in [0.25, 0.3) is 0 Å². The lowest BCUT2D eigenvalue weighted by Crippen LogP contribution is -2.43. The van der Waals surface area contributed by atoms with Gasteiger partial charge in [-0.05, 0) is 33.1 Å². The molecule has 2 unspecified atom stereocenters. The number of aliphatic hydroxyl groups excluding tert-OH is 1. The van der Waals surface area contributed by atoms with Crippen molar-refractivity contribution in [1.82, 2.24) is 5.32 Å². The summed E-state index contributed by atoms with van der Waals surface area (Å²) in [6.07, 6.45) is 15.0. The number of hydrogen-bond donors (Lipinski definition) is 3. The molecular formula is C22H45NO3. The largest absolute Gasteiger partial charge is 0.390 e. The minimum Gasteiger partial charge on any atom is -0.390 e. The summed E-state index contributed by atoms with van der Waals surface area (Å²) in [5.74, 6) is 0.0655. The van der Waals surface area contributed by atoms with Gasteiger partial charge in [0.15, 0.2) is 0 Å². The summed E-state index contributed by atoms with van der Waals surface area (Å²) in [5, 5.41) is 22.8. The van der Waals surface area contributed by atoms with Crippen molar-refractivity contribution in [3.05, 3.63) is 0 Å². The molecule has 3 N–H and O–H groups in total. The lowest BCUT2D eigenvalue weighted by molar-refractivity contribution is -0.122. The molecule has 0 aromatic carbocycles. The highest BCUT2D eigenvalue weighted by Crippen LogP contribution is 2.16. The average Bonchev–Trinajstić information content (AvgIpc) is 2.58. The maximum absolute atomic E-state index is 12.0. The topological polar surface area (TPSA) is 69.6 Å². The van der Waals surface area contributed by atoms with Crippen molar-refractivity contribution in [2.45, 2.75) is 135 Å². The maximum atomic E-state index is 12.0. The van der Waals surface area contributed by atoms with Gasteiger partial charge in [-0.3, -0.25) is 4.79 Å². The van der Waals surface area contributed by atoms with Crippen LogP contribution in [0, 0.1) is 0 Å². The van der Waals surface area contributed by atoms with Crippen molar-refractivity contribution in [3.63, 3.8) is 0 Å². The highest BCUT2D eigenvalue weighted by Gasteiger charge is 2.27. The number of unbranched alkanes of at least 4 members (excludes halogenated alkanes) is 10. The molecule has 0 rings (SSSR count). The first-order chi connectivity index (χ1) is 12.3. The molecule has 0 aliphatic carbocycles. The smallest absolute Gasteiger partial charge is 0.220 e. The summed E-state index contributed by atoms with van der Waals surface area (Å²) in [7, 11) is 0. The van der Waals surface area contributed by atoms with E-state index in [0.717, 1.165) is 19.3 Å². The Kier molecular flexibility index (Phi) is 15.1. The molecule has 0 aliphatic rings. The van der Waals surface area contributed by atoms with E-state index in [1.807, 2.05) is 6.92 Å². The van der Waals surface area contributed by atoms with Crippen LogP contribution in [-0.2, 0) is 4.79 Å². The third-order valence-corrected chi connectivity index (χ3v) is 5.19. The number of rotatable bonds is 17. The minimum atomic E-state index is -1.13. The lowest BCUT2D eigenvalue weighted by Gasteiger charge is -2.28. The van der Waals surface area contributed by atoms with Crippen LogP contribution < -0.4 is 5.32 Å². The second kappa shape index (κ2) is 15.4. The number of aliphatic hydroxyl groups is 2. The molecule has 0 fully saturated rings. The van der Waals surface area contributed by atoms with Crippen molar-refractivity contribution in [2.24, 2.45) is 0 Å². The summed E-state index contributed by atoms with van der Waals surface area (Å²) in [4.78, 5) is 12.0. The fourth-order valence-corrected chi connectivity index (χ4v) is 3.14. The van der Waals surface area contributed by atoms with Crippen LogP contribution in [0.2, 0.25) is 0 Å². The molecule has 156 valence electrons. The van der Waals surface area contributed by atoms with E-state index in [9.17, 15) is 15.0 Å². The SMILES string of the molecule is CCCCCCCCCCCCCC(=O)NC(CC)CC(O)C(C)(C)O. The van der Waals surface area contributed by atoms with E-state index in [4.69, 9.17) is 0 Å². The van der Waals surface area contributed by atoms with Crippen LogP contribution in [0.25, 0.3) is 0 Å². The maximum Gasteiger partial charge on any atom is 0.220 e. The molecule has 0 aromatic rings. The van der Waals surface area contributed by atoms with Gasteiger partial charge >= 0.3 is 0 Å². The molecule has 0 saturated carbocycles. The molecule has 2 atom stereocenters. The first kappa shape index (κ1) is 25.4. The lowest BCUT2D eigenvalue weighted by atomic mass is 9.94. The van der Waals surface area contributed by atoms with Crippen LogP contribution in [0.3, 0.4) is 0 Å². The summed E-state index contributed by atoms with van der Waals surface area (Å²) in [6, 6.07) is -0.0726. The van der Waals surface area contributed by atoms with E-state index in [1.165, 1.54) is 57.8 Å². The van der Waals surface area contributed by atoms with Crippen LogP contribution in [0.15, 0.2) is 0 Å². The quantitative estimate of drug-likeness (QED) is 0.311. The molecular weight excluding hydrogens is 326 g/mol. The van der Waals surface area contributed by atoms with Crippen molar-refractivity contribution in [3.8, 4) is 0 Å². The van der Waals surface area contributed by atoms with Gasteiger partial charge in [0.05, 0.1) is 11.7 Å². The number of carbonyl (C=O) groups is 1. The van der Waals surface area contributed by atoms with E-state index in [0.29, 0.717) is 12.8 Å². The zero-order chi connectivity index (χ0) is 19.8. The predicted molar refractivity (Wildman–Crippen MR) is 110 cm³/mol. The number of carbonyl (C=O) groups excluding carboxylic acids is 1. The first-order valence-corrected chi connectivity index (χ1v) is 11.0. The zero-order valence-electron chi connectivity index (χ0n) is 17.9. The van der Waals surface area contributed by atoms with Crippen LogP contribution in [0.5, 0.6) is 0 Å². The second-order valence-corrected chi connectivity index (χ2v) is 8.36. The Hall–Kier alpha value is -0.610. The molecule has 4 heteroatoms. The first-order valence-electron chi connectivity index (χ1n) is 11.0. The average molecular weight is 372 g/mol. The van der Waals surface area contributed by atoms with Gasteiger partial charge < -0.3 is 15.5 Å². The van der Waals surface area contributed by atoms with E-state index in [2.05, 4.69) is 12.2 Å². The summed E-state index contributed by atoms with van der Waals surface area (Å²) in [6.45, 7) is 7.43. The Labute approximate surface area is 162 Å². The van der Waals surface area contributed by atoms with Crippen LogP contribution in [0.1, 0.15) is 118 Å². The third kappa shape index (κ3) is 14.5. The molecule has 4 nitrogen and oxygen atoms in total. The Morgan fingerprint density at radius 3 is 1.77 bits per heavy atom. The fraction of sp³-hybridized carbons (Fsp3) is 0.955. The number of nitrogens with one attached hydrogen (secondary N) is 1. The van der Waals surface area contributed by atoms with Gasteiger partial charge in [-0.2, -0.15) is 0 Å². The van der Waals surface area contributed by atoms with Gasteiger partial charge in [0, 0.05) is 12.5 Å². The molecule has 1 amide bonds. The van der Waals surface area contributed by atoms with E-state index in [-0.39, 0.29) is 11.9 Å². The van der Waals surface area contributed by atoms with Crippen molar-refractivity contribution < 1.29 is 15.0 Å². The van der Waals surface area contributed by atoms with E-state index < -0.39 is 11.7 Å².